The van der Waals surface area contributed by atoms with E-state index < -0.39 is 23.8 Å². The summed E-state index contributed by atoms with van der Waals surface area (Å²) in [4.78, 5) is 33.7. The molecular formula is C12H16N4O3. The zero-order valence-electron chi connectivity index (χ0n) is 10.3. The summed E-state index contributed by atoms with van der Waals surface area (Å²) in [7, 11) is 0. The molecule has 0 heterocycles. The zero-order chi connectivity index (χ0) is 14.4. The molecule has 1 atom stereocenters. The summed E-state index contributed by atoms with van der Waals surface area (Å²) >= 11 is 0. The van der Waals surface area contributed by atoms with Crippen molar-refractivity contribution in [3.63, 3.8) is 0 Å². The topological polar surface area (TPSA) is 141 Å². The van der Waals surface area contributed by atoms with Crippen molar-refractivity contribution < 1.29 is 14.4 Å². The van der Waals surface area contributed by atoms with Gasteiger partial charge in [-0.3, -0.25) is 14.4 Å². The Bertz CT molecular complexity index is 484. The number of nitrogen functional groups attached to an aromatic ring is 1. The fourth-order valence-corrected chi connectivity index (χ4v) is 1.45. The number of hydrogen-bond acceptors (Lipinski definition) is 4. The van der Waals surface area contributed by atoms with Crippen LogP contribution in [-0.2, 0) is 9.59 Å². The number of hydrogen-bond donors (Lipinski definition) is 4. The van der Waals surface area contributed by atoms with Crippen LogP contribution in [0.5, 0.6) is 0 Å². The van der Waals surface area contributed by atoms with Crippen molar-refractivity contribution in [1.29, 1.82) is 0 Å². The maximum absolute atomic E-state index is 11.8. The molecule has 1 aromatic carbocycles. The highest BCUT2D eigenvalue weighted by atomic mass is 16.2. The van der Waals surface area contributed by atoms with Gasteiger partial charge in [-0.15, -0.1) is 0 Å². The highest BCUT2D eigenvalue weighted by Crippen LogP contribution is 2.06. The van der Waals surface area contributed by atoms with Crippen molar-refractivity contribution in [2.75, 3.05) is 5.73 Å². The van der Waals surface area contributed by atoms with E-state index in [-0.39, 0.29) is 12.8 Å². The minimum absolute atomic E-state index is 0.0321. The molecule has 0 saturated carbocycles. The van der Waals surface area contributed by atoms with Gasteiger partial charge in [0.25, 0.3) is 5.91 Å². The minimum Gasteiger partial charge on any atom is -0.399 e. The third kappa shape index (κ3) is 4.66. The molecule has 0 radical (unpaired) electrons. The van der Waals surface area contributed by atoms with Gasteiger partial charge < -0.3 is 22.5 Å². The van der Waals surface area contributed by atoms with Gasteiger partial charge in [0.2, 0.25) is 11.8 Å². The number of nitrogens with two attached hydrogens (primary N) is 3. The minimum atomic E-state index is -0.933. The SMILES string of the molecule is NC(=O)CCC(NC(=O)c1ccc(N)cc1)C(N)=O. The molecule has 0 bridgehead atoms. The van der Waals surface area contributed by atoms with E-state index in [2.05, 4.69) is 5.32 Å². The van der Waals surface area contributed by atoms with Gasteiger partial charge in [0.15, 0.2) is 0 Å². The van der Waals surface area contributed by atoms with Gasteiger partial charge in [0, 0.05) is 17.7 Å². The van der Waals surface area contributed by atoms with E-state index in [4.69, 9.17) is 17.2 Å². The van der Waals surface area contributed by atoms with Crippen molar-refractivity contribution >= 4 is 23.4 Å². The van der Waals surface area contributed by atoms with E-state index in [9.17, 15) is 14.4 Å². The van der Waals surface area contributed by atoms with Crippen LogP contribution in [-0.4, -0.2) is 23.8 Å². The summed E-state index contributed by atoms with van der Waals surface area (Å²) in [6.07, 6.45) is 0.0427. The molecule has 7 N–H and O–H groups in total. The summed E-state index contributed by atoms with van der Waals surface area (Å²) in [5.74, 6) is -1.74. The molecule has 0 aliphatic heterocycles. The quantitative estimate of drug-likeness (QED) is 0.495. The Morgan fingerprint density at radius 2 is 1.68 bits per heavy atom. The normalized spacial score (nSPS) is 11.6. The smallest absolute Gasteiger partial charge is 0.251 e. The van der Waals surface area contributed by atoms with E-state index >= 15 is 0 Å². The Balaban J connectivity index is 2.68. The first kappa shape index (κ1) is 14.5. The van der Waals surface area contributed by atoms with Crippen LogP contribution in [0.2, 0.25) is 0 Å². The molecule has 1 unspecified atom stereocenters. The van der Waals surface area contributed by atoms with Gasteiger partial charge in [-0.2, -0.15) is 0 Å². The number of amides is 3. The molecule has 0 aromatic heterocycles. The molecule has 102 valence electrons. The summed E-state index contributed by atoms with van der Waals surface area (Å²) in [6, 6.07) is 5.25. The monoisotopic (exact) mass is 264 g/mol. The second kappa shape index (κ2) is 6.39. The van der Waals surface area contributed by atoms with Crippen molar-refractivity contribution in [3.05, 3.63) is 29.8 Å². The first-order valence-corrected chi connectivity index (χ1v) is 5.64. The van der Waals surface area contributed by atoms with E-state index in [0.717, 1.165) is 0 Å². The standard InChI is InChI=1S/C12H16N4O3/c13-8-3-1-7(2-4-8)12(19)16-9(11(15)18)5-6-10(14)17/h1-4,9H,5-6,13H2,(H2,14,17)(H2,15,18)(H,16,19). The number of primary amides is 2. The number of carbonyl (C=O) groups excluding carboxylic acids is 3. The van der Waals surface area contributed by atoms with Crippen LogP contribution in [0.3, 0.4) is 0 Å². The lowest BCUT2D eigenvalue weighted by Crippen LogP contribution is -2.44. The second-order valence-electron chi connectivity index (χ2n) is 4.06. The number of benzene rings is 1. The Kier molecular flexibility index (Phi) is 4.87. The first-order chi connectivity index (χ1) is 8.90. The highest BCUT2D eigenvalue weighted by Gasteiger charge is 2.19. The molecule has 19 heavy (non-hydrogen) atoms. The highest BCUT2D eigenvalue weighted by molar-refractivity contribution is 5.97. The van der Waals surface area contributed by atoms with Gasteiger partial charge >= 0.3 is 0 Å². The molecule has 1 rings (SSSR count). The van der Waals surface area contributed by atoms with E-state index in [1.54, 1.807) is 12.1 Å². The average Bonchev–Trinajstić information content (AvgIpc) is 2.34. The van der Waals surface area contributed by atoms with E-state index in [1.807, 2.05) is 0 Å². The zero-order valence-corrected chi connectivity index (χ0v) is 10.3. The molecule has 0 fully saturated rings. The Labute approximate surface area is 110 Å². The van der Waals surface area contributed by atoms with Crippen LogP contribution in [0.25, 0.3) is 0 Å². The number of carbonyl (C=O) groups is 3. The first-order valence-electron chi connectivity index (χ1n) is 5.64. The third-order valence-corrected chi connectivity index (χ3v) is 2.50. The van der Waals surface area contributed by atoms with Gasteiger partial charge in [-0.1, -0.05) is 0 Å². The summed E-state index contributed by atoms with van der Waals surface area (Å²) in [5, 5.41) is 2.45. The molecule has 3 amide bonds. The lowest BCUT2D eigenvalue weighted by molar-refractivity contribution is -0.120. The number of nitrogens with one attached hydrogen (secondary N) is 1. The molecular weight excluding hydrogens is 248 g/mol. The predicted octanol–water partition coefficient (Wildman–Crippen LogP) is -0.882. The van der Waals surface area contributed by atoms with Crippen LogP contribution in [0.1, 0.15) is 23.2 Å². The molecule has 0 saturated heterocycles. The largest absolute Gasteiger partial charge is 0.399 e. The summed E-state index contributed by atoms with van der Waals surface area (Å²) < 4.78 is 0. The lowest BCUT2D eigenvalue weighted by atomic mass is 10.1. The third-order valence-electron chi connectivity index (χ3n) is 2.50. The molecule has 7 heteroatoms. The van der Waals surface area contributed by atoms with Crippen LogP contribution >= 0.6 is 0 Å². The van der Waals surface area contributed by atoms with Crippen molar-refractivity contribution in [1.82, 2.24) is 5.32 Å². The molecule has 0 aliphatic carbocycles. The fraction of sp³-hybridized carbons (Fsp3) is 0.250. The maximum atomic E-state index is 11.8. The fourth-order valence-electron chi connectivity index (χ4n) is 1.45. The molecule has 7 nitrogen and oxygen atoms in total. The van der Waals surface area contributed by atoms with E-state index in [0.29, 0.717) is 11.3 Å². The van der Waals surface area contributed by atoms with Gasteiger partial charge in [-0.25, -0.2) is 0 Å². The lowest BCUT2D eigenvalue weighted by Gasteiger charge is -2.14. The average molecular weight is 264 g/mol. The van der Waals surface area contributed by atoms with Crippen molar-refractivity contribution in [2.45, 2.75) is 18.9 Å². The van der Waals surface area contributed by atoms with Crippen LogP contribution in [0, 0.1) is 0 Å². The van der Waals surface area contributed by atoms with Crippen LogP contribution < -0.4 is 22.5 Å². The number of rotatable bonds is 6. The maximum Gasteiger partial charge on any atom is 0.251 e. The Morgan fingerprint density at radius 1 is 1.11 bits per heavy atom. The van der Waals surface area contributed by atoms with Gasteiger partial charge in [0.1, 0.15) is 6.04 Å². The summed E-state index contributed by atoms with van der Waals surface area (Å²) in [6.45, 7) is 0. The number of anilines is 1. The van der Waals surface area contributed by atoms with Crippen molar-refractivity contribution in [2.24, 2.45) is 11.5 Å². The van der Waals surface area contributed by atoms with Gasteiger partial charge in [-0.05, 0) is 30.7 Å². The molecule has 1 aromatic rings. The van der Waals surface area contributed by atoms with E-state index in [1.165, 1.54) is 12.1 Å². The van der Waals surface area contributed by atoms with Crippen LogP contribution in [0.15, 0.2) is 24.3 Å². The Morgan fingerprint density at radius 3 is 2.16 bits per heavy atom. The van der Waals surface area contributed by atoms with Gasteiger partial charge in [0.05, 0.1) is 0 Å². The second-order valence-corrected chi connectivity index (χ2v) is 4.06. The summed E-state index contributed by atoms with van der Waals surface area (Å²) in [5.41, 5.74) is 16.5. The van der Waals surface area contributed by atoms with Crippen LogP contribution in [0.4, 0.5) is 5.69 Å². The molecule has 0 aliphatic rings. The Hall–Kier alpha value is -2.57. The molecule has 0 spiro atoms. The van der Waals surface area contributed by atoms with Crippen molar-refractivity contribution in [3.8, 4) is 0 Å². The predicted molar refractivity (Wildman–Crippen MR) is 69.7 cm³/mol.